The number of ether oxygens (including phenoxy) is 6. The molecule has 0 aromatic rings. The quantitative estimate of drug-likeness (QED) is 0.0199. The van der Waals surface area contributed by atoms with E-state index in [-0.39, 0.29) is 18.9 Å². The minimum atomic E-state index is -1.98. The van der Waals surface area contributed by atoms with Gasteiger partial charge in [-0.05, 0) is 44.9 Å². The molecule has 1 amide bonds. The molecule has 3 aliphatic rings. The first kappa shape index (κ1) is 84.5. The van der Waals surface area contributed by atoms with Gasteiger partial charge < -0.3 is 89.9 Å². The van der Waals surface area contributed by atoms with Crippen LogP contribution in [0.15, 0.2) is 24.3 Å². The lowest BCUT2D eigenvalue weighted by molar-refractivity contribution is -0.379. The Morgan fingerprint density at radius 3 is 1.05 bits per heavy atom. The van der Waals surface area contributed by atoms with Crippen molar-refractivity contribution < 1.29 is 89.4 Å². The van der Waals surface area contributed by atoms with Crippen molar-refractivity contribution in [1.82, 2.24) is 5.32 Å². The number of hydrogen-bond donors (Lipinski definition) is 12. The molecule has 0 spiro atoms. The van der Waals surface area contributed by atoms with Gasteiger partial charge in [0.25, 0.3) is 0 Å². The summed E-state index contributed by atoms with van der Waals surface area (Å²) in [4.78, 5) is 13.4. The average molecular weight is 1320 g/mol. The van der Waals surface area contributed by atoms with Gasteiger partial charge >= 0.3 is 0 Å². The third-order valence-electron chi connectivity index (χ3n) is 19.0. The number of nitrogens with one attached hydrogen (secondary N) is 1. The van der Waals surface area contributed by atoms with Crippen LogP contribution in [0.3, 0.4) is 0 Å². The van der Waals surface area contributed by atoms with E-state index in [1.165, 1.54) is 225 Å². The molecular weight excluding hydrogens is 1180 g/mol. The Morgan fingerprint density at radius 1 is 0.380 bits per heavy atom. The summed E-state index contributed by atoms with van der Waals surface area (Å²) in [6.07, 6.45) is 37.2. The Morgan fingerprint density at radius 2 is 0.685 bits per heavy atom. The second-order valence-corrected chi connectivity index (χ2v) is 27.1. The van der Waals surface area contributed by atoms with E-state index in [0.29, 0.717) is 6.42 Å². The van der Waals surface area contributed by atoms with Crippen LogP contribution < -0.4 is 5.32 Å². The summed E-state index contributed by atoms with van der Waals surface area (Å²) in [5.41, 5.74) is 0. The number of unbranched alkanes of at least 4 members (excludes halogenated alkanes) is 41. The molecule has 0 aliphatic carbocycles. The van der Waals surface area contributed by atoms with Gasteiger partial charge in [0, 0.05) is 6.42 Å². The van der Waals surface area contributed by atoms with Crippen molar-refractivity contribution in [2.45, 2.75) is 407 Å². The van der Waals surface area contributed by atoms with Crippen LogP contribution in [-0.4, -0.2) is 193 Å². The highest BCUT2D eigenvalue weighted by molar-refractivity contribution is 5.76. The summed E-state index contributed by atoms with van der Waals surface area (Å²) in [7, 11) is 0. The topological polar surface area (TPSA) is 307 Å². The maximum absolute atomic E-state index is 13.4. The molecule has 0 radical (unpaired) electrons. The van der Waals surface area contributed by atoms with E-state index in [2.05, 4.69) is 31.3 Å². The van der Waals surface area contributed by atoms with Crippen molar-refractivity contribution in [3.05, 3.63) is 24.3 Å². The summed E-state index contributed by atoms with van der Waals surface area (Å²) in [6.45, 7) is 1.78. The normalized spacial score (nSPS) is 27.8. The molecule has 12 N–H and O–H groups in total. The number of carbonyl (C=O) groups is 1. The van der Waals surface area contributed by atoms with Gasteiger partial charge in [-0.1, -0.05) is 276 Å². The monoisotopic (exact) mass is 1320 g/mol. The lowest BCUT2D eigenvalue weighted by atomic mass is 9.96. The van der Waals surface area contributed by atoms with E-state index in [0.717, 1.165) is 51.4 Å². The Bertz CT molecular complexity index is 1760. The second kappa shape index (κ2) is 55.2. The van der Waals surface area contributed by atoms with Crippen molar-refractivity contribution in [2.75, 3.05) is 26.4 Å². The zero-order valence-electron chi connectivity index (χ0n) is 57.5. The number of hydrogen-bond acceptors (Lipinski definition) is 18. The molecule has 19 nitrogen and oxygen atoms in total. The first-order valence-electron chi connectivity index (χ1n) is 37.6. The number of allylic oxidation sites excluding steroid dienone is 3. The summed E-state index contributed by atoms with van der Waals surface area (Å²) in [5, 5.41) is 121. The van der Waals surface area contributed by atoms with E-state index in [1.54, 1.807) is 6.08 Å². The molecule has 3 heterocycles. The van der Waals surface area contributed by atoms with Crippen LogP contribution in [0, 0.1) is 0 Å². The molecule has 3 saturated heterocycles. The molecular formula is C73H137NO18. The Balaban J connectivity index is 1.41. The van der Waals surface area contributed by atoms with Crippen molar-refractivity contribution in [1.29, 1.82) is 0 Å². The van der Waals surface area contributed by atoms with E-state index >= 15 is 0 Å². The van der Waals surface area contributed by atoms with Crippen LogP contribution in [0.5, 0.6) is 0 Å². The molecule has 3 fully saturated rings. The van der Waals surface area contributed by atoms with Gasteiger partial charge in [-0.25, -0.2) is 0 Å². The zero-order chi connectivity index (χ0) is 66.8. The fourth-order valence-corrected chi connectivity index (χ4v) is 12.9. The van der Waals surface area contributed by atoms with Crippen LogP contribution in [0.4, 0.5) is 0 Å². The second-order valence-electron chi connectivity index (χ2n) is 27.1. The van der Waals surface area contributed by atoms with Crippen molar-refractivity contribution >= 4 is 5.91 Å². The van der Waals surface area contributed by atoms with Crippen LogP contribution >= 0.6 is 0 Å². The Kier molecular flexibility index (Phi) is 50.7. The molecule has 3 aliphatic heterocycles. The lowest BCUT2D eigenvalue weighted by Crippen LogP contribution is -2.66. The van der Waals surface area contributed by atoms with Crippen molar-refractivity contribution in [2.24, 2.45) is 0 Å². The first-order valence-corrected chi connectivity index (χ1v) is 37.6. The molecule has 0 bridgehead atoms. The molecule has 19 heteroatoms. The number of carbonyl (C=O) groups excluding carboxylic acids is 1. The summed E-state index contributed by atoms with van der Waals surface area (Å²) < 4.78 is 34.4. The molecule has 17 unspecified atom stereocenters. The summed E-state index contributed by atoms with van der Waals surface area (Å²) in [6, 6.07) is -0.973. The fourth-order valence-electron chi connectivity index (χ4n) is 12.9. The highest BCUT2D eigenvalue weighted by Crippen LogP contribution is 2.33. The number of amides is 1. The van der Waals surface area contributed by atoms with Crippen molar-refractivity contribution in [3.63, 3.8) is 0 Å². The maximum atomic E-state index is 13.4. The number of aliphatic hydroxyl groups is 11. The van der Waals surface area contributed by atoms with Gasteiger partial charge in [0.05, 0.1) is 38.6 Å². The Labute approximate surface area is 556 Å². The predicted molar refractivity (Wildman–Crippen MR) is 360 cm³/mol. The molecule has 0 aromatic carbocycles. The zero-order valence-corrected chi connectivity index (χ0v) is 57.5. The van der Waals surface area contributed by atoms with E-state index in [4.69, 9.17) is 28.4 Å². The van der Waals surface area contributed by atoms with Gasteiger partial charge in [0.2, 0.25) is 5.91 Å². The minimum Gasteiger partial charge on any atom is -0.394 e. The standard InChI is InChI=1S/C73H137NO18/c1-3-5-7-9-11-13-15-17-19-21-23-25-26-27-28-29-31-32-34-36-38-40-42-44-46-48-50-57(78)56(74-61(79)51-49-47-45-43-41-39-37-35-33-30-24-22-20-18-16-14-12-10-8-6-4-2)55-87-71-67(85)64(82)69(59(53-76)89-71)92-73-68(86)65(83)70(60(54-77)90-73)91-72-66(84)63(81)62(80)58(52-75)88-72/h22,24,48,50,56-60,62-73,75-78,80-86H,3-21,23,25-47,49,51-55H2,1-2H3,(H,74,79)/b24-22-,50-48+. The van der Waals surface area contributed by atoms with Crippen LogP contribution in [-0.2, 0) is 33.2 Å². The van der Waals surface area contributed by atoms with Crippen LogP contribution in [0.1, 0.15) is 303 Å². The van der Waals surface area contributed by atoms with Gasteiger partial charge in [-0.2, -0.15) is 0 Å². The van der Waals surface area contributed by atoms with Gasteiger partial charge in [-0.3, -0.25) is 4.79 Å². The summed E-state index contributed by atoms with van der Waals surface area (Å²) in [5.74, 6) is -0.273. The van der Waals surface area contributed by atoms with Crippen molar-refractivity contribution in [3.8, 4) is 0 Å². The van der Waals surface area contributed by atoms with Gasteiger partial charge in [-0.15, -0.1) is 0 Å². The third-order valence-corrected chi connectivity index (χ3v) is 19.0. The van der Waals surface area contributed by atoms with Crippen LogP contribution in [0.25, 0.3) is 0 Å². The fraction of sp³-hybridized carbons (Fsp3) is 0.932. The molecule has 0 saturated carbocycles. The van der Waals surface area contributed by atoms with Gasteiger partial charge in [0.1, 0.15) is 73.2 Å². The SMILES string of the molecule is CCCCCCCCCC/C=C\CCCCCCCCCCCC(=O)NC(COC1OC(CO)C(OC2OC(CO)C(OC3OC(CO)C(O)C(O)C3O)C(O)C2O)C(O)C1O)C(O)/C=C/CCCCCCCCCCCCCCCCCCCCCCCCCC. The van der Waals surface area contributed by atoms with Crippen LogP contribution in [0.2, 0.25) is 0 Å². The number of rotatable bonds is 59. The Hall–Kier alpha value is -1.73. The maximum Gasteiger partial charge on any atom is 0.220 e. The molecule has 0 aromatic heterocycles. The first-order chi connectivity index (χ1) is 44.8. The third kappa shape index (κ3) is 36.2. The van der Waals surface area contributed by atoms with E-state index in [1.807, 2.05) is 6.08 Å². The molecule has 3 rings (SSSR count). The largest absolute Gasteiger partial charge is 0.394 e. The molecule has 542 valence electrons. The van der Waals surface area contributed by atoms with E-state index in [9.17, 15) is 61.0 Å². The molecule has 17 atom stereocenters. The highest BCUT2D eigenvalue weighted by Gasteiger charge is 2.53. The smallest absolute Gasteiger partial charge is 0.220 e. The lowest BCUT2D eigenvalue weighted by Gasteiger charge is -2.48. The highest BCUT2D eigenvalue weighted by atomic mass is 16.8. The van der Waals surface area contributed by atoms with Gasteiger partial charge in [0.15, 0.2) is 18.9 Å². The average Bonchev–Trinajstić information content (AvgIpc) is 0.838. The summed E-state index contributed by atoms with van der Waals surface area (Å²) >= 11 is 0. The minimum absolute atomic E-state index is 0.244. The molecule has 92 heavy (non-hydrogen) atoms. The number of aliphatic hydroxyl groups excluding tert-OH is 11. The predicted octanol–water partition coefficient (Wildman–Crippen LogP) is 11.0. The van der Waals surface area contributed by atoms with E-state index < -0.39 is 124 Å².